The molecule has 2 heterocycles. The minimum Gasteiger partial charge on any atom is -0.484 e. The maximum atomic E-state index is 12.8. The van der Waals surface area contributed by atoms with Crippen LogP contribution in [0.3, 0.4) is 0 Å². The van der Waals surface area contributed by atoms with E-state index in [1.807, 2.05) is 35.2 Å². The van der Waals surface area contributed by atoms with Gasteiger partial charge in [0.1, 0.15) is 11.6 Å². The minimum absolute atomic E-state index is 0.00789. The summed E-state index contributed by atoms with van der Waals surface area (Å²) in [6.07, 6.45) is 5.41. The average Bonchev–Trinajstić information content (AvgIpc) is 3.43. The number of hydrogen-bond donors (Lipinski definition) is 1. The number of para-hydroxylation sites is 2. The second-order valence-corrected chi connectivity index (χ2v) is 7.46. The number of aryl methyl sites for hydroxylation is 2. The van der Waals surface area contributed by atoms with Crippen LogP contribution in [0.4, 0.5) is 0 Å². The van der Waals surface area contributed by atoms with Crippen LogP contribution in [0.25, 0.3) is 11.0 Å². The zero-order chi connectivity index (χ0) is 18.2. The van der Waals surface area contributed by atoms with Crippen molar-refractivity contribution in [2.45, 2.75) is 38.1 Å². The van der Waals surface area contributed by atoms with Gasteiger partial charge in [0.2, 0.25) is 0 Å². The van der Waals surface area contributed by atoms with Gasteiger partial charge in [-0.2, -0.15) is 0 Å². The molecule has 0 saturated carbocycles. The Morgan fingerprint density at radius 3 is 2.96 bits per heavy atom. The van der Waals surface area contributed by atoms with Crippen molar-refractivity contribution in [2.75, 3.05) is 13.2 Å². The van der Waals surface area contributed by atoms with Crippen LogP contribution in [0.5, 0.6) is 5.75 Å². The highest BCUT2D eigenvalue weighted by Gasteiger charge is 2.32. The van der Waals surface area contributed by atoms with Crippen LogP contribution in [0.1, 0.15) is 42.3 Å². The third-order valence-electron chi connectivity index (χ3n) is 5.73. The standard InChI is InChI=1S/C22H23N3O2/c26-21(14-27-17-11-10-15-5-3-6-16(15)13-17)25-12-4-9-20(25)22-23-18-7-1-2-8-19(18)24-22/h1-2,7-8,10-11,13,20H,3-6,9,12,14H2,(H,23,24). The minimum atomic E-state index is 0.00789. The van der Waals surface area contributed by atoms with E-state index in [2.05, 4.69) is 17.1 Å². The fraction of sp³-hybridized carbons (Fsp3) is 0.364. The predicted octanol–water partition coefficient (Wildman–Crippen LogP) is 3.79. The number of imidazole rings is 1. The molecule has 2 aliphatic rings. The quantitative estimate of drug-likeness (QED) is 0.769. The molecule has 1 aromatic heterocycles. The van der Waals surface area contributed by atoms with Gasteiger partial charge in [-0.3, -0.25) is 4.79 Å². The Balaban J connectivity index is 1.29. The number of aromatic amines is 1. The molecular weight excluding hydrogens is 338 g/mol. The first-order valence-corrected chi connectivity index (χ1v) is 9.77. The topological polar surface area (TPSA) is 58.2 Å². The van der Waals surface area contributed by atoms with Crippen molar-refractivity contribution in [1.82, 2.24) is 14.9 Å². The van der Waals surface area contributed by atoms with E-state index in [9.17, 15) is 4.79 Å². The number of ether oxygens (including phenoxy) is 1. The van der Waals surface area contributed by atoms with E-state index in [-0.39, 0.29) is 18.6 Å². The van der Waals surface area contributed by atoms with Crippen molar-refractivity contribution in [3.05, 3.63) is 59.4 Å². The van der Waals surface area contributed by atoms with Gasteiger partial charge in [-0.25, -0.2) is 4.98 Å². The Kier molecular flexibility index (Phi) is 4.07. The smallest absolute Gasteiger partial charge is 0.261 e. The van der Waals surface area contributed by atoms with Gasteiger partial charge < -0.3 is 14.6 Å². The maximum absolute atomic E-state index is 12.8. The Morgan fingerprint density at radius 2 is 2.04 bits per heavy atom. The first-order chi connectivity index (χ1) is 13.3. The first kappa shape index (κ1) is 16.4. The molecule has 1 atom stereocenters. The van der Waals surface area contributed by atoms with Crippen LogP contribution < -0.4 is 4.74 Å². The fourth-order valence-electron chi connectivity index (χ4n) is 4.35. The fourth-order valence-corrected chi connectivity index (χ4v) is 4.35. The summed E-state index contributed by atoms with van der Waals surface area (Å²) < 4.78 is 5.83. The number of benzene rings is 2. The second kappa shape index (κ2) is 6.72. The van der Waals surface area contributed by atoms with E-state index in [0.29, 0.717) is 0 Å². The molecular formula is C22H23N3O2. The van der Waals surface area contributed by atoms with Gasteiger partial charge in [-0.05, 0) is 67.5 Å². The molecule has 5 rings (SSSR count). The molecule has 1 amide bonds. The van der Waals surface area contributed by atoms with E-state index in [4.69, 9.17) is 9.72 Å². The molecule has 1 N–H and O–H groups in total. The third-order valence-corrected chi connectivity index (χ3v) is 5.73. The lowest BCUT2D eigenvalue weighted by Gasteiger charge is -2.23. The van der Waals surface area contributed by atoms with Crippen LogP contribution in [0.2, 0.25) is 0 Å². The molecule has 5 nitrogen and oxygen atoms in total. The lowest BCUT2D eigenvalue weighted by atomic mass is 10.1. The number of fused-ring (bicyclic) bond motifs is 2. The van der Waals surface area contributed by atoms with Gasteiger partial charge in [0, 0.05) is 6.54 Å². The number of aromatic nitrogens is 2. The average molecular weight is 361 g/mol. The van der Waals surface area contributed by atoms with Crippen LogP contribution in [-0.4, -0.2) is 33.9 Å². The Bertz CT molecular complexity index is 961. The number of nitrogens with one attached hydrogen (secondary N) is 1. The number of H-pyrrole nitrogens is 1. The molecule has 5 heteroatoms. The largest absolute Gasteiger partial charge is 0.484 e. The molecule has 0 radical (unpaired) electrons. The summed E-state index contributed by atoms with van der Waals surface area (Å²) in [5.74, 6) is 1.70. The van der Waals surface area contributed by atoms with Crippen LogP contribution in [-0.2, 0) is 17.6 Å². The van der Waals surface area contributed by atoms with Crippen molar-refractivity contribution < 1.29 is 9.53 Å². The SMILES string of the molecule is O=C(COc1ccc2c(c1)CCC2)N1CCCC1c1nc2ccccc2[nH]1. The van der Waals surface area contributed by atoms with E-state index in [1.54, 1.807) is 0 Å². The highest BCUT2D eigenvalue weighted by molar-refractivity contribution is 5.79. The van der Waals surface area contributed by atoms with Crippen LogP contribution in [0, 0.1) is 0 Å². The molecule has 0 spiro atoms. The molecule has 27 heavy (non-hydrogen) atoms. The van der Waals surface area contributed by atoms with Gasteiger partial charge in [0.15, 0.2) is 6.61 Å². The summed E-state index contributed by atoms with van der Waals surface area (Å²) in [5.41, 5.74) is 4.74. The molecule has 1 unspecified atom stereocenters. The highest BCUT2D eigenvalue weighted by Crippen LogP contribution is 2.32. The summed E-state index contributed by atoms with van der Waals surface area (Å²) in [7, 11) is 0. The van der Waals surface area contributed by atoms with Gasteiger partial charge in [0.05, 0.1) is 17.1 Å². The van der Waals surface area contributed by atoms with Crippen molar-refractivity contribution in [1.29, 1.82) is 0 Å². The van der Waals surface area contributed by atoms with Crippen molar-refractivity contribution in [2.24, 2.45) is 0 Å². The lowest BCUT2D eigenvalue weighted by molar-refractivity contribution is -0.134. The van der Waals surface area contributed by atoms with E-state index >= 15 is 0 Å². The normalized spacial score (nSPS) is 18.8. The number of rotatable bonds is 4. The predicted molar refractivity (Wildman–Crippen MR) is 104 cm³/mol. The molecule has 1 aliphatic heterocycles. The maximum Gasteiger partial charge on any atom is 0.261 e. The number of hydrogen-bond acceptors (Lipinski definition) is 3. The monoisotopic (exact) mass is 361 g/mol. The second-order valence-electron chi connectivity index (χ2n) is 7.46. The summed E-state index contributed by atoms with van der Waals surface area (Å²) in [5, 5.41) is 0. The summed E-state index contributed by atoms with van der Waals surface area (Å²) >= 11 is 0. The highest BCUT2D eigenvalue weighted by atomic mass is 16.5. The third kappa shape index (κ3) is 3.07. The Hall–Kier alpha value is -2.82. The molecule has 1 aliphatic carbocycles. The van der Waals surface area contributed by atoms with Gasteiger partial charge in [-0.15, -0.1) is 0 Å². The number of nitrogens with zero attached hydrogens (tertiary/aromatic N) is 2. The molecule has 1 saturated heterocycles. The van der Waals surface area contributed by atoms with Gasteiger partial charge >= 0.3 is 0 Å². The van der Waals surface area contributed by atoms with E-state index < -0.39 is 0 Å². The first-order valence-electron chi connectivity index (χ1n) is 9.77. The van der Waals surface area contributed by atoms with E-state index in [0.717, 1.165) is 54.8 Å². The number of carbonyl (C=O) groups excluding carboxylic acids is 1. The Labute approximate surface area is 158 Å². The molecule has 138 valence electrons. The van der Waals surface area contributed by atoms with Gasteiger partial charge in [-0.1, -0.05) is 18.2 Å². The number of amides is 1. The van der Waals surface area contributed by atoms with Crippen molar-refractivity contribution in [3.63, 3.8) is 0 Å². The van der Waals surface area contributed by atoms with Gasteiger partial charge in [0.25, 0.3) is 5.91 Å². The molecule has 3 aromatic rings. The Morgan fingerprint density at radius 1 is 1.15 bits per heavy atom. The number of likely N-dealkylation sites (tertiary alicyclic amines) is 1. The van der Waals surface area contributed by atoms with E-state index in [1.165, 1.54) is 17.5 Å². The van der Waals surface area contributed by atoms with Crippen LogP contribution in [0.15, 0.2) is 42.5 Å². The van der Waals surface area contributed by atoms with Crippen LogP contribution >= 0.6 is 0 Å². The summed E-state index contributed by atoms with van der Waals surface area (Å²) in [6.45, 7) is 0.837. The zero-order valence-electron chi connectivity index (χ0n) is 15.3. The lowest BCUT2D eigenvalue weighted by Crippen LogP contribution is -2.34. The molecule has 2 aromatic carbocycles. The summed E-state index contributed by atoms with van der Waals surface area (Å²) in [6, 6.07) is 14.2. The molecule has 0 bridgehead atoms. The van der Waals surface area contributed by atoms with Crippen molar-refractivity contribution >= 4 is 16.9 Å². The zero-order valence-corrected chi connectivity index (χ0v) is 15.3. The molecule has 1 fully saturated rings. The summed E-state index contributed by atoms with van der Waals surface area (Å²) in [4.78, 5) is 22.8. The van der Waals surface area contributed by atoms with Crippen molar-refractivity contribution in [3.8, 4) is 5.75 Å². The number of carbonyl (C=O) groups is 1.